The highest BCUT2D eigenvalue weighted by Crippen LogP contribution is 2.17. The zero-order valence-electron chi connectivity index (χ0n) is 12.6. The smallest absolute Gasteiger partial charge is 0.268 e. The number of aryl methyl sites for hydroxylation is 1. The Morgan fingerprint density at radius 2 is 2.30 bits per heavy atom. The van der Waals surface area contributed by atoms with Crippen LogP contribution >= 0.6 is 0 Å². The number of hydrogen-bond donors (Lipinski definition) is 1. The highest BCUT2D eigenvalue weighted by molar-refractivity contribution is 5.38. The minimum Gasteiger partial charge on any atom is -0.384 e. The standard InChI is InChI=1S/C15H26N4O/c1-3-8-16-13-11-15(20)19(17-12-13)10-7-14-6-4-5-9-18(14)2/h11-12,14,16H,3-10H2,1-2H3. The molecule has 112 valence electrons. The van der Waals surface area contributed by atoms with Crippen LogP contribution in [0.3, 0.4) is 0 Å². The average Bonchev–Trinajstić information content (AvgIpc) is 2.45. The molecule has 0 spiro atoms. The summed E-state index contributed by atoms with van der Waals surface area (Å²) in [7, 11) is 2.18. The molecule has 1 saturated heterocycles. The molecule has 0 amide bonds. The Hall–Kier alpha value is -1.36. The van der Waals surface area contributed by atoms with E-state index < -0.39 is 0 Å². The van der Waals surface area contributed by atoms with Crippen molar-refractivity contribution < 1.29 is 0 Å². The van der Waals surface area contributed by atoms with Gasteiger partial charge in [-0.05, 0) is 39.3 Å². The maximum Gasteiger partial charge on any atom is 0.268 e. The quantitative estimate of drug-likeness (QED) is 0.864. The van der Waals surface area contributed by atoms with E-state index in [2.05, 4.69) is 29.3 Å². The summed E-state index contributed by atoms with van der Waals surface area (Å²) in [6.07, 6.45) is 7.63. The second kappa shape index (κ2) is 7.43. The first kappa shape index (κ1) is 15.0. The van der Waals surface area contributed by atoms with Crippen molar-refractivity contribution in [3.63, 3.8) is 0 Å². The van der Waals surface area contributed by atoms with Crippen molar-refractivity contribution in [2.24, 2.45) is 0 Å². The van der Waals surface area contributed by atoms with Gasteiger partial charge in [-0.1, -0.05) is 13.3 Å². The molecule has 1 aromatic rings. The van der Waals surface area contributed by atoms with Crippen molar-refractivity contribution in [1.29, 1.82) is 0 Å². The number of rotatable bonds is 6. The van der Waals surface area contributed by atoms with Crippen LogP contribution in [-0.2, 0) is 6.54 Å². The first-order valence-corrected chi connectivity index (χ1v) is 7.72. The van der Waals surface area contributed by atoms with Gasteiger partial charge in [0.25, 0.3) is 5.56 Å². The Morgan fingerprint density at radius 3 is 3.00 bits per heavy atom. The number of nitrogens with one attached hydrogen (secondary N) is 1. The molecule has 1 aliphatic heterocycles. The Labute approximate surface area is 121 Å². The van der Waals surface area contributed by atoms with Crippen LogP contribution in [-0.4, -0.2) is 40.9 Å². The van der Waals surface area contributed by atoms with Gasteiger partial charge in [0.05, 0.1) is 11.9 Å². The fraction of sp³-hybridized carbons (Fsp3) is 0.733. The van der Waals surface area contributed by atoms with Gasteiger partial charge in [0, 0.05) is 25.2 Å². The third-order valence-electron chi connectivity index (χ3n) is 4.04. The largest absolute Gasteiger partial charge is 0.384 e. The topological polar surface area (TPSA) is 50.2 Å². The molecule has 1 aliphatic rings. The maximum absolute atomic E-state index is 12.0. The van der Waals surface area contributed by atoms with Gasteiger partial charge in [0.15, 0.2) is 0 Å². The molecule has 0 radical (unpaired) electrons. The summed E-state index contributed by atoms with van der Waals surface area (Å²) in [6.45, 7) is 4.86. The molecule has 1 atom stereocenters. The molecule has 1 aromatic heterocycles. The van der Waals surface area contributed by atoms with Crippen LogP contribution in [0, 0.1) is 0 Å². The molecular weight excluding hydrogens is 252 g/mol. The van der Waals surface area contributed by atoms with E-state index in [-0.39, 0.29) is 5.56 Å². The van der Waals surface area contributed by atoms with E-state index >= 15 is 0 Å². The van der Waals surface area contributed by atoms with Gasteiger partial charge in [-0.2, -0.15) is 5.10 Å². The van der Waals surface area contributed by atoms with Crippen LogP contribution in [0.4, 0.5) is 5.69 Å². The van der Waals surface area contributed by atoms with Gasteiger partial charge in [-0.3, -0.25) is 4.79 Å². The summed E-state index contributed by atoms with van der Waals surface area (Å²) in [4.78, 5) is 14.4. The number of piperidine rings is 1. The molecule has 0 saturated carbocycles. The van der Waals surface area contributed by atoms with Crippen molar-refractivity contribution in [1.82, 2.24) is 14.7 Å². The van der Waals surface area contributed by atoms with Gasteiger partial charge in [-0.25, -0.2) is 4.68 Å². The van der Waals surface area contributed by atoms with Crippen molar-refractivity contribution >= 4 is 5.69 Å². The van der Waals surface area contributed by atoms with Crippen LogP contribution < -0.4 is 10.9 Å². The molecule has 2 heterocycles. The van der Waals surface area contributed by atoms with Crippen molar-refractivity contribution in [2.45, 2.75) is 51.6 Å². The lowest BCUT2D eigenvalue weighted by molar-refractivity contribution is 0.169. The molecule has 0 bridgehead atoms. The van der Waals surface area contributed by atoms with Crippen molar-refractivity contribution in [3.8, 4) is 0 Å². The molecular formula is C15H26N4O. The maximum atomic E-state index is 12.0. The number of nitrogens with zero attached hydrogens (tertiary/aromatic N) is 3. The first-order valence-electron chi connectivity index (χ1n) is 7.72. The highest BCUT2D eigenvalue weighted by atomic mass is 16.1. The predicted octanol–water partition coefficient (Wildman–Crippen LogP) is 1.94. The van der Waals surface area contributed by atoms with Gasteiger partial charge in [0.2, 0.25) is 0 Å². The minimum atomic E-state index is -0.00966. The van der Waals surface area contributed by atoms with Crippen molar-refractivity contribution in [3.05, 3.63) is 22.6 Å². The Kier molecular flexibility index (Phi) is 5.59. The van der Waals surface area contributed by atoms with Gasteiger partial charge in [0.1, 0.15) is 0 Å². The molecule has 1 N–H and O–H groups in total. The lowest BCUT2D eigenvalue weighted by atomic mass is 10.0. The number of aromatic nitrogens is 2. The normalized spacial score (nSPS) is 20.0. The van der Waals surface area contributed by atoms with Crippen LogP contribution in [0.15, 0.2) is 17.1 Å². The SMILES string of the molecule is CCCNc1cnn(CCC2CCCCN2C)c(=O)c1. The summed E-state index contributed by atoms with van der Waals surface area (Å²) in [5.41, 5.74) is 0.812. The summed E-state index contributed by atoms with van der Waals surface area (Å²) >= 11 is 0. The molecule has 2 rings (SSSR count). The van der Waals surface area contributed by atoms with E-state index in [1.165, 1.54) is 25.8 Å². The zero-order chi connectivity index (χ0) is 14.4. The third kappa shape index (κ3) is 4.07. The van der Waals surface area contributed by atoms with Gasteiger partial charge >= 0.3 is 0 Å². The average molecular weight is 278 g/mol. The van der Waals surface area contributed by atoms with Crippen molar-refractivity contribution in [2.75, 3.05) is 25.5 Å². The molecule has 1 fully saturated rings. The van der Waals surface area contributed by atoms with E-state index in [0.29, 0.717) is 12.6 Å². The zero-order valence-corrected chi connectivity index (χ0v) is 12.6. The Balaban J connectivity index is 1.91. The third-order valence-corrected chi connectivity index (χ3v) is 4.04. The molecule has 5 nitrogen and oxygen atoms in total. The lowest BCUT2D eigenvalue weighted by Gasteiger charge is -2.32. The molecule has 0 aromatic carbocycles. The molecule has 20 heavy (non-hydrogen) atoms. The van der Waals surface area contributed by atoms with Crippen LogP contribution in [0.25, 0.3) is 0 Å². The van der Waals surface area contributed by atoms with Crippen LogP contribution in [0.1, 0.15) is 39.0 Å². The second-order valence-electron chi connectivity index (χ2n) is 5.65. The minimum absolute atomic E-state index is 0.00966. The predicted molar refractivity (Wildman–Crippen MR) is 82.2 cm³/mol. The summed E-state index contributed by atoms with van der Waals surface area (Å²) in [5, 5.41) is 7.45. The fourth-order valence-corrected chi connectivity index (χ4v) is 2.75. The number of likely N-dealkylation sites (tertiary alicyclic amines) is 1. The monoisotopic (exact) mass is 278 g/mol. The van der Waals surface area contributed by atoms with Gasteiger partial charge < -0.3 is 10.2 Å². The molecule has 1 unspecified atom stereocenters. The summed E-state index contributed by atoms with van der Waals surface area (Å²) < 4.78 is 1.58. The lowest BCUT2D eigenvalue weighted by Crippen LogP contribution is -2.37. The number of anilines is 1. The number of hydrogen-bond acceptors (Lipinski definition) is 4. The van der Waals surface area contributed by atoms with E-state index in [1.54, 1.807) is 16.9 Å². The first-order chi connectivity index (χ1) is 9.70. The van der Waals surface area contributed by atoms with E-state index in [9.17, 15) is 4.79 Å². The van der Waals surface area contributed by atoms with Crippen LogP contribution in [0.2, 0.25) is 0 Å². The van der Waals surface area contributed by atoms with Gasteiger partial charge in [-0.15, -0.1) is 0 Å². The van der Waals surface area contributed by atoms with E-state index in [0.717, 1.165) is 25.1 Å². The molecule has 5 heteroatoms. The highest BCUT2D eigenvalue weighted by Gasteiger charge is 2.18. The Morgan fingerprint density at radius 1 is 1.45 bits per heavy atom. The molecule has 0 aliphatic carbocycles. The summed E-state index contributed by atoms with van der Waals surface area (Å²) in [5.74, 6) is 0. The van der Waals surface area contributed by atoms with Crippen LogP contribution in [0.5, 0.6) is 0 Å². The Bertz CT molecular complexity index is 471. The second-order valence-corrected chi connectivity index (χ2v) is 5.65. The van der Waals surface area contributed by atoms with E-state index in [1.807, 2.05) is 0 Å². The summed E-state index contributed by atoms with van der Waals surface area (Å²) in [6, 6.07) is 2.24. The van der Waals surface area contributed by atoms with E-state index in [4.69, 9.17) is 0 Å². The fourth-order valence-electron chi connectivity index (χ4n) is 2.75.